The Bertz CT molecular complexity index is 860. The summed E-state index contributed by atoms with van der Waals surface area (Å²) in [5, 5.41) is 0.533. The normalized spacial score (nSPS) is 13.1. The first-order valence-corrected chi connectivity index (χ1v) is 12.4. The van der Waals surface area contributed by atoms with Crippen molar-refractivity contribution in [1.82, 2.24) is 4.98 Å². The van der Waals surface area contributed by atoms with Crippen LogP contribution in [0.25, 0.3) is 10.9 Å². The van der Waals surface area contributed by atoms with Gasteiger partial charge >= 0.3 is 12.8 Å². The molecule has 1 heterocycles. The van der Waals surface area contributed by atoms with Crippen molar-refractivity contribution in [2.45, 2.75) is 34.1 Å². The lowest BCUT2D eigenvalue weighted by molar-refractivity contribution is 0.0519. The number of esters is 1. The number of carbonyl (C=O) groups is 1. The van der Waals surface area contributed by atoms with E-state index in [1.165, 1.54) is 0 Å². The number of carbonyl (C=O) groups excluding carboxylic acids is 1. The molecule has 0 aliphatic heterocycles. The van der Waals surface area contributed by atoms with Crippen molar-refractivity contribution >= 4 is 35.1 Å². The highest BCUT2D eigenvalue weighted by Crippen LogP contribution is 2.61. The lowest BCUT2D eigenvalue weighted by Crippen LogP contribution is -2.12. The van der Waals surface area contributed by atoms with Gasteiger partial charge in [0.05, 0.1) is 25.3 Å². The molecule has 154 valence electrons. The third-order valence-corrected chi connectivity index (χ3v) is 7.44. The molecule has 1 atom stereocenters. The quantitative estimate of drug-likeness (QED) is 0.344. The smallest absolute Gasteiger partial charge is 0.440 e. The van der Waals surface area contributed by atoms with Crippen LogP contribution in [-0.4, -0.2) is 36.5 Å². The van der Waals surface area contributed by atoms with Crippen molar-refractivity contribution in [2.75, 3.05) is 25.6 Å². The molecule has 0 fully saturated rings. The lowest BCUT2D eigenvalue weighted by Gasteiger charge is -2.21. The van der Waals surface area contributed by atoms with E-state index in [0.29, 0.717) is 23.3 Å². The van der Waals surface area contributed by atoms with Gasteiger partial charge in [0.15, 0.2) is 11.3 Å². The van der Waals surface area contributed by atoms with Gasteiger partial charge in [-0.3, -0.25) is 4.52 Å². The molecule has 0 spiro atoms. The second kappa shape index (κ2) is 10.7. The highest BCUT2D eigenvalue weighted by molar-refractivity contribution is 8.55. The predicted octanol–water partition coefficient (Wildman–Crippen LogP) is 5.48. The molecular weight excluding hydrogens is 401 g/mol. The standard InChI is InChI=1S/C19H26NO6PS/c1-5-13-28-27(22,25-8-4)26-17-14-11-9-10-12-15(14)20-18(23-6-2)16(17)19(21)24-7-3/h9-12H,5-8,13H2,1-4H3. The van der Waals surface area contributed by atoms with Crippen molar-refractivity contribution in [3.63, 3.8) is 0 Å². The maximum absolute atomic E-state index is 13.3. The minimum Gasteiger partial charge on any atom is -0.477 e. The van der Waals surface area contributed by atoms with E-state index >= 15 is 0 Å². The van der Waals surface area contributed by atoms with E-state index in [4.69, 9.17) is 18.5 Å². The van der Waals surface area contributed by atoms with Crippen molar-refractivity contribution in [3.05, 3.63) is 29.8 Å². The summed E-state index contributed by atoms with van der Waals surface area (Å²) in [6.07, 6.45) is 0.803. The van der Waals surface area contributed by atoms with E-state index in [1.54, 1.807) is 39.0 Å². The van der Waals surface area contributed by atoms with Crippen LogP contribution in [0.1, 0.15) is 44.5 Å². The Kier molecular flexibility index (Phi) is 8.60. The minimum atomic E-state index is -3.56. The number of fused-ring (bicyclic) bond motifs is 1. The van der Waals surface area contributed by atoms with Gasteiger partial charge < -0.3 is 14.0 Å². The number of hydrogen-bond acceptors (Lipinski definition) is 8. The molecule has 0 N–H and O–H groups in total. The predicted molar refractivity (Wildman–Crippen MR) is 111 cm³/mol. The molecule has 0 bridgehead atoms. The zero-order valence-corrected chi connectivity index (χ0v) is 18.3. The SMILES string of the molecule is CCCSP(=O)(OCC)Oc1c(C(=O)OCC)c(OCC)nc2ccccc12. The summed E-state index contributed by atoms with van der Waals surface area (Å²) in [5.41, 5.74) is 0.567. The van der Waals surface area contributed by atoms with E-state index in [0.717, 1.165) is 17.8 Å². The van der Waals surface area contributed by atoms with Crippen molar-refractivity contribution in [1.29, 1.82) is 0 Å². The fourth-order valence-corrected chi connectivity index (χ4v) is 5.90. The van der Waals surface area contributed by atoms with E-state index in [-0.39, 0.29) is 30.4 Å². The summed E-state index contributed by atoms with van der Waals surface area (Å²) in [4.78, 5) is 17.1. The van der Waals surface area contributed by atoms with Crippen LogP contribution < -0.4 is 9.26 Å². The molecule has 1 aromatic heterocycles. The van der Waals surface area contributed by atoms with Gasteiger partial charge in [0.25, 0.3) is 0 Å². The molecule has 0 aliphatic rings. The fraction of sp³-hybridized carbons (Fsp3) is 0.474. The maximum Gasteiger partial charge on any atom is 0.440 e. The highest BCUT2D eigenvalue weighted by atomic mass is 32.7. The summed E-state index contributed by atoms with van der Waals surface area (Å²) in [7, 11) is 0. The van der Waals surface area contributed by atoms with Crippen LogP contribution in [0.5, 0.6) is 11.6 Å². The summed E-state index contributed by atoms with van der Waals surface area (Å²) in [6, 6.07) is 7.12. The molecule has 0 aliphatic carbocycles. The monoisotopic (exact) mass is 427 g/mol. The second-order valence-electron chi connectivity index (χ2n) is 5.58. The maximum atomic E-state index is 13.3. The van der Waals surface area contributed by atoms with E-state index in [1.807, 2.05) is 13.0 Å². The summed E-state index contributed by atoms with van der Waals surface area (Å²) >= 11 is 1.10. The molecule has 28 heavy (non-hydrogen) atoms. The Morgan fingerprint density at radius 2 is 1.86 bits per heavy atom. The molecule has 0 amide bonds. The Labute approximate surface area is 169 Å². The van der Waals surface area contributed by atoms with Crippen LogP contribution >= 0.6 is 18.2 Å². The highest BCUT2D eigenvalue weighted by Gasteiger charge is 2.33. The van der Waals surface area contributed by atoms with Crippen LogP contribution in [-0.2, 0) is 13.8 Å². The third-order valence-electron chi connectivity index (χ3n) is 3.52. The number of para-hydroxylation sites is 1. The Hall–Kier alpha value is -1.76. The molecule has 9 heteroatoms. The third kappa shape index (κ3) is 5.40. The molecule has 1 unspecified atom stereocenters. The minimum absolute atomic E-state index is 0.0134. The Morgan fingerprint density at radius 3 is 2.50 bits per heavy atom. The summed E-state index contributed by atoms with van der Waals surface area (Å²) in [6.45, 7) is 4.32. The van der Waals surface area contributed by atoms with E-state index in [2.05, 4.69) is 4.98 Å². The average molecular weight is 427 g/mol. The summed E-state index contributed by atoms with van der Waals surface area (Å²) < 4.78 is 35.4. The molecule has 0 radical (unpaired) electrons. The molecule has 7 nitrogen and oxygen atoms in total. The molecule has 0 saturated carbocycles. The lowest BCUT2D eigenvalue weighted by atomic mass is 10.1. The molecule has 2 aromatic rings. The number of pyridine rings is 1. The molecular formula is C19H26NO6PS. The van der Waals surface area contributed by atoms with Crippen LogP contribution in [0, 0.1) is 0 Å². The van der Waals surface area contributed by atoms with Gasteiger partial charge in [-0.15, -0.1) is 0 Å². The number of rotatable bonds is 11. The molecule has 1 aromatic carbocycles. The van der Waals surface area contributed by atoms with Gasteiger partial charge in [0.1, 0.15) is 0 Å². The number of aromatic nitrogens is 1. The van der Waals surface area contributed by atoms with Gasteiger partial charge in [-0.2, -0.15) is 0 Å². The number of ether oxygens (including phenoxy) is 2. The number of nitrogens with zero attached hydrogens (tertiary/aromatic N) is 1. The van der Waals surface area contributed by atoms with Gasteiger partial charge in [0.2, 0.25) is 5.88 Å². The first-order chi connectivity index (χ1) is 13.5. The molecule has 0 saturated heterocycles. The first kappa shape index (κ1) is 22.5. The van der Waals surface area contributed by atoms with Gasteiger partial charge in [-0.25, -0.2) is 14.3 Å². The molecule has 2 rings (SSSR count). The zero-order chi connectivity index (χ0) is 20.6. The van der Waals surface area contributed by atoms with Crippen LogP contribution in [0.4, 0.5) is 0 Å². The van der Waals surface area contributed by atoms with Crippen molar-refractivity contribution < 1.29 is 27.9 Å². The first-order valence-electron chi connectivity index (χ1n) is 9.30. The Balaban J connectivity index is 2.70. The van der Waals surface area contributed by atoms with Gasteiger partial charge in [-0.1, -0.05) is 19.1 Å². The van der Waals surface area contributed by atoms with Gasteiger partial charge in [-0.05, 0) is 50.7 Å². The number of hydrogen-bond donors (Lipinski definition) is 0. The topological polar surface area (TPSA) is 84.0 Å². The van der Waals surface area contributed by atoms with Crippen molar-refractivity contribution in [2.24, 2.45) is 0 Å². The fourth-order valence-electron chi connectivity index (χ4n) is 2.44. The Morgan fingerprint density at radius 1 is 1.11 bits per heavy atom. The van der Waals surface area contributed by atoms with Crippen LogP contribution in [0.15, 0.2) is 24.3 Å². The summed E-state index contributed by atoms with van der Waals surface area (Å²) in [5.74, 6) is 0.127. The second-order valence-corrected chi connectivity index (χ2v) is 9.70. The van der Waals surface area contributed by atoms with Gasteiger partial charge in [0, 0.05) is 11.1 Å². The van der Waals surface area contributed by atoms with Crippen LogP contribution in [0.3, 0.4) is 0 Å². The van der Waals surface area contributed by atoms with Crippen molar-refractivity contribution in [3.8, 4) is 11.6 Å². The van der Waals surface area contributed by atoms with E-state index in [9.17, 15) is 9.36 Å². The van der Waals surface area contributed by atoms with Crippen LogP contribution in [0.2, 0.25) is 0 Å². The number of benzene rings is 1. The zero-order valence-electron chi connectivity index (χ0n) is 16.6. The largest absolute Gasteiger partial charge is 0.477 e. The average Bonchev–Trinajstić information content (AvgIpc) is 2.67. The van der Waals surface area contributed by atoms with E-state index < -0.39 is 12.8 Å².